The monoisotopic (exact) mass is 388 g/mol. The highest BCUT2D eigenvalue weighted by molar-refractivity contribution is 5.77. The molecule has 0 spiro atoms. The number of hydrogen-bond donors (Lipinski definition) is 4. The first-order valence-corrected chi connectivity index (χ1v) is 9.95. The minimum atomic E-state index is -0.653. The van der Waals surface area contributed by atoms with Crippen LogP contribution in [0, 0.1) is 6.92 Å². The van der Waals surface area contributed by atoms with Crippen LogP contribution in [0.25, 0.3) is 11.1 Å². The zero-order chi connectivity index (χ0) is 20.0. The quantitative estimate of drug-likeness (QED) is 0.530. The Kier molecular flexibility index (Phi) is 4.41. The lowest BCUT2D eigenvalue weighted by atomic mass is 9.94. The van der Waals surface area contributed by atoms with Gasteiger partial charge >= 0.3 is 0 Å². The first-order valence-electron chi connectivity index (χ1n) is 9.95. The molecular weight excluding hydrogens is 364 g/mol. The Morgan fingerprint density at radius 3 is 2.55 bits per heavy atom. The molecule has 1 aromatic carbocycles. The number of aryl methyl sites for hydroxylation is 1. The lowest BCUT2D eigenvalue weighted by Gasteiger charge is -2.16. The number of fused-ring (bicyclic) bond motifs is 1. The number of aliphatic hydroxyl groups excluding tert-OH is 1. The molecule has 0 saturated heterocycles. The number of nitrogens with one attached hydrogen (secondary N) is 3. The molecule has 1 saturated carbocycles. The van der Waals surface area contributed by atoms with Crippen molar-refractivity contribution >= 4 is 17.2 Å². The first-order chi connectivity index (χ1) is 14.1. The molecule has 1 aliphatic heterocycles. The molecule has 1 atom stereocenters. The van der Waals surface area contributed by atoms with Crippen molar-refractivity contribution in [2.24, 2.45) is 0 Å². The van der Waals surface area contributed by atoms with E-state index in [9.17, 15) is 5.11 Å². The Morgan fingerprint density at radius 2 is 1.86 bits per heavy atom. The predicted molar refractivity (Wildman–Crippen MR) is 113 cm³/mol. The summed E-state index contributed by atoms with van der Waals surface area (Å²) in [6.07, 6.45) is 7.27. The number of nitrogens with zero attached hydrogens (tertiary/aromatic N) is 3. The van der Waals surface area contributed by atoms with Crippen LogP contribution in [0.4, 0.5) is 17.2 Å². The van der Waals surface area contributed by atoms with Crippen molar-refractivity contribution in [2.75, 3.05) is 17.7 Å². The number of anilines is 3. The van der Waals surface area contributed by atoms with Crippen LogP contribution < -0.4 is 16.0 Å². The molecule has 4 N–H and O–H groups in total. The van der Waals surface area contributed by atoms with Crippen molar-refractivity contribution in [3.63, 3.8) is 0 Å². The molecule has 0 radical (unpaired) electrons. The third-order valence-electron chi connectivity index (χ3n) is 5.66. The van der Waals surface area contributed by atoms with Gasteiger partial charge in [-0.05, 0) is 48.6 Å². The highest BCUT2D eigenvalue weighted by Gasteiger charge is 2.27. The molecular formula is C22H24N6O. The van der Waals surface area contributed by atoms with Crippen molar-refractivity contribution in [2.45, 2.75) is 38.5 Å². The van der Waals surface area contributed by atoms with Gasteiger partial charge in [0.25, 0.3) is 0 Å². The van der Waals surface area contributed by atoms with Gasteiger partial charge in [0.1, 0.15) is 17.9 Å². The maximum Gasteiger partial charge on any atom is 0.133 e. The van der Waals surface area contributed by atoms with E-state index >= 15 is 0 Å². The molecule has 2 aromatic heterocycles. The van der Waals surface area contributed by atoms with Gasteiger partial charge in [0.05, 0.1) is 18.1 Å². The fourth-order valence-corrected chi connectivity index (χ4v) is 3.95. The highest BCUT2D eigenvalue weighted by atomic mass is 16.3. The average molecular weight is 388 g/mol. The summed E-state index contributed by atoms with van der Waals surface area (Å²) in [7, 11) is 1.87. The first kappa shape index (κ1) is 18.0. The zero-order valence-corrected chi connectivity index (χ0v) is 16.5. The van der Waals surface area contributed by atoms with E-state index in [1.807, 2.05) is 37.8 Å². The molecule has 2 aliphatic rings. The molecule has 1 aliphatic carbocycles. The van der Waals surface area contributed by atoms with Gasteiger partial charge in [-0.2, -0.15) is 0 Å². The van der Waals surface area contributed by atoms with Gasteiger partial charge in [0.15, 0.2) is 0 Å². The molecule has 0 amide bonds. The van der Waals surface area contributed by atoms with E-state index in [1.54, 1.807) is 0 Å². The van der Waals surface area contributed by atoms with E-state index in [0.717, 1.165) is 50.8 Å². The van der Waals surface area contributed by atoms with Gasteiger partial charge in [-0.25, -0.2) is 15.0 Å². The SMILES string of the molecule is CNc1ccc(-c2cnc(Nc3cnc(C4CC4)nc3)cc2C)c2c1C(O)NC2. The Balaban J connectivity index is 1.43. The summed E-state index contributed by atoms with van der Waals surface area (Å²) in [5.74, 6) is 2.24. The van der Waals surface area contributed by atoms with E-state index < -0.39 is 6.23 Å². The molecule has 3 heterocycles. The maximum absolute atomic E-state index is 10.3. The Hall–Kier alpha value is -3.03. The molecule has 5 rings (SSSR count). The summed E-state index contributed by atoms with van der Waals surface area (Å²) in [5, 5.41) is 19.9. The van der Waals surface area contributed by atoms with Crippen LogP contribution in [0.1, 0.15) is 47.5 Å². The topological polar surface area (TPSA) is 95.0 Å². The Bertz CT molecular complexity index is 1060. The summed E-state index contributed by atoms with van der Waals surface area (Å²) in [6.45, 7) is 2.71. The molecule has 7 heteroatoms. The summed E-state index contributed by atoms with van der Waals surface area (Å²) in [6, 6.07) is 6.13. The number of hydrogen-bond acceptors (Lipinski definition) is 7. The fraction of sp³-hybridized carbons (Fsp3) is 0.318. The summed E-state index contributed by atoms with van der Waals surface area (Å²) in [4.78, 5) is 13.5. The third kappa shape index (κ3) is 3.32. The van der Waals surface area contributed by atoms with E-state index in [0.29, 0.717) is 12.5 Å². The number of aromatic nitrogens is 3. The smallest absolute Gasteiger partial charge is 0.133 e. The molecule has 7 nitrogen and oxygen atoms in total. The van der Waals surface area contributed by atoms with Crippen LogP contribution in [0.3, 0.4) is 0 Å². The van der Waals surface area contributed by atoms with Crippen molar-refractivity contribution in [1.29, 1.82) is 0 Å². The number of benzene rings is 1. The van der Waals surface area contributed by atoms with Gasteiger partial charge < -0.3 is 15.7 Å². The van der Waals surface area contributed by atoms with Gasteiger partial charge in [0.2, 0.25) is 0 Å². The minimum absolute atomic E-state index is 0.549. The van der Waals surface area contributed by atoms with Crippen molar-refractivity contribution in [3.05, 3.63) is 59.3 Å². The fourth-order valence-electron chi connectivity index (χ4n) is 3.95. The van der Waals surface area contributed by atoms with Crippen LogP contribution >= 0.6 is 0 Å². The van der Waals surface area contributed by atoms with Gasteiger partial charge in [-0.1, -0.05) is 6.07 Å². The van der Waals surface area contributed by atoms with Crippen molar-refractivity contribution in [3.8, 4) is 11.1 Å². The normalized spacial score (nSPS) is 17.8. The highest BCUT2D eigenvalue weighted by Crippen LogP contribution is 2.39. The Labute approximate surface area is 169 Å². The lowest BCUT2D eigenvalue weighted by Crippen LogP contribution is -2.11. The summed E-state index contributed by atoms with van der Waals surface area (Å²) < 4.78 is 0. The predicted octanol–water partition coefficient (Wildman–Crippen LogP) is 3.60. The largest absolute Gasteiger partial charge is 0.388 e. The molecule has 29 heavy (non-hydrogen) atoms. The van der Waals surface area contributed by atoms with Crippen LogP contribution in [0.5, 0.6) is 0 Å². The van der Waals surface area contributed by atoms with Crippen LogP contribution in [0.2, 0.25) is 0 Å². The maximum atomic E-state index is 10.3. The lowest BCUT2D eigenvalue weighted by molar-refractivity contribution is 0.152. The molecule has 1 fully saturated rings. The molecule has 148 valence electrons. The van der Waals surface area contributed by atoms with Crippen molar-refractivity contribution in [1.82, 2.24) is 20.3 Å². The number of rotatable bonds is 5. The molecule has 3 aromatic rings. The van der Waals surface area contributed by atoms with Gasteiger partial charge in [-0.15, -0.1) is 0 Å². The molecule has 0 bridgehead atoms. The van der Waals surface area contributed by atoms with E-state index in [2.05, 4.69) is 43.9 Å². The third-order valence-corrected chi connectivity index (χ3v) is 5.66. The van der Waals surface area contributed by atoms with Crippen LogP contribution in [-0.4, -0.2) is 27.1 Å². The standard InChI is InChI=1S/C22H24N6O/c1-12-7-19(28-14-8-25-21(26-9-14)13-3-4-13)24-10-16(12)15-5-6-18(23-2)20-17(15)11-27-22(20)29/h5-10,13,22-23,27,29H,3-4,11H2,1-2H3,(H,24,28). The second kappa shape index (κ2) is 7.09. The van der Waals surface area contributed by atoms with Crippen LogP contribution in [0.15, 0.2) is 36.8 Å². The van der Waals surface area contributed by atoms with Gasteiger partial charge in [-0.3, -0.25) is 5.32 Å². The van der Waals surface area contributed by atoms with Crippen molar-refractivity contribution < 1.29 is 5.11 Å². The number of aliphatic hydroxyl groups is 1. The van der Waals surface area contributed by atoms with Crippen LogP contribution in [-0.2, 0) is 6.54 Å². The number of pyridine rings is 1. The average Bonchev–Trinajstić information content (AvgIpc) is 3.51. The summed E-state index contributed by atoms with van der Waals surface area (Å²) in [5.41, 5.74) is 7.07. The second-order valence-electron chi connectivity index (χ2n) is 7.70. The zero-order valence-electron chi connectivity index (χ0n) is 16.5. The molecule has 1 unspecified atom stereocenters. The van der Waals surface area contributed by atoms with E-state index in [4.69, 9.17) is 0 Å². The minimum Gasteiger partial charge on any atom is -0.388 e. The Morgan fingerprint density at radius 1 is 1.07 bits per heavy atom. The van der Waals surface area contributed by atoms with Gasteiger partial charge in [0, 0.05) is 42.5 Å². The van der Waals surface area contributed by atoms with E-state index in [-0.39, 0.29) is 0 Å². The second-order valence-corrected chi connectivity index (χ2v) is 7.70. The van der Waals surface area contributed by atoms with E-state index in [1.165, 1.54) is 12.8 Å². The summed E-state index contributed by atoms with van der Waals surface area (Å²) >= 11 is 0.